The van der Waals surface area contributed by atoms with E-state index in [2.05, 4.69) is 47.7 Å². The van der Waals surface area contributed by atoms with E-state index in [0.29, 0.717) is 5.41 Å². The van der Waals surface area contributed by atoms with Gasteiger partial charge >= 0.3 is 0 Å². The van der Waals surface area contributed by atoms with Gasteiger partial charge in [0.15, 0.2) is 0 Å². The van der Waals surface area contributed by atoms with Crippen LogP contribution in [0.2, 0.25) is 0 Å². The molecule has 0 amide bonds. The monoisotopic (exact) mass is 297 g/mol. The van der Waals surface area contributed by atoms with Crippen LogP contribution in [-0.2, 0) is 0 Å². The molecule has 0 atom stereocenters. The molecule has 1 fully saturated rings. The fourth-order valence-electron chi connectivity index (χ4n) is 2.13. The van der Waals surface area contributed by atoms with Gasteiger partial charge in [0.05, 0.1) is 12.8 Å². The molecule has 17 heavy (non-hydrogen) atoms. The molecule has 2 nitrogen and oxygen atoms in total. The van der Waals surface area contributed by atoms with Crippen LogP contribution in [0.3, 0.4) is 0 Å². The van der Waals surface area contributed by atoms with E-state index in [4.69, 9.17) is 4.74 Å². The second-order valence-corrected chi connectivity index (χ2v) is 6.70. The molecule has 1 aromatic rings. The van der Waals surface area contributed by atoms with E-state index in [-0.39, 0.29) is 0 Å². The molecule has 0 bridgehead atoms. The zero-order valence-corrected chi connectivity index (χ0v) is 12.5. The lowest BCUT2D eigenvalue weighted by atomic mass is 9.76. The first-order chi connectivity index (χ1) is 7.91. The molecule has 0 radical (unpaired) electrons. The number of halogens is 1. The predicted molar refractivity (Wildman–Crippen MR) is 75.9 cm³/mol. The van der Waals surface area contributed by atoms with Gasteiger partial charge in [0.1, 0.15) is 5.75 Å². The topological polar surface area (TPSA) is 12.5 Å². The minimum absolute atomic E-state index is 0.399. The summed E-state index contributed by atoms with van der Waals surface area (Å²) in [6, 6.07) is 6.17. The summed E-state index contributed by atoms with van der Waals surface area (Å²) in [4.78, 5) is 2.39. The van der Waals surface area contributed by atoms with Crippen molar-refractivity contribution >= 4 is 21.6 Å². The Labute approximate surface area is 112 Å². The van der Waals surface area contributed by atoms with E-state index >= 15 is 0 Å². The van der Waals surface area contributed by atoms with Crippen molar-refractivity contribution in [1.82, 2.24) is 0 Å². The van der Waals surface area contributed by atoms with Crippen molar-refractivity contribution in [3.8, 4) is 5.75 Å². The Hall–Kier alpha value is -0.700. The van der Waals surface area contributed by atoms with Crippen molar-refractivity contribution in [3.05, 3.63) is 22.7 Å². The van der Waals surface area contributed by atoms with Gasteiger partial charge in [-0.3, -0.25) is 0 Å². The Morgan fingerprint density at radius 3 is 2.47 bits per heavy atom. The fourth-order valence-corrected chi connectivity index (χ4v) is 2.48. The minimum Gasteiger partial charge on any atom is -0.495 e. The lowest BCUT2D eigenvalue weighted by molar-refractivity contribution is 0.194. The lowest BCUT2D eigenvalue weighted by Gasteiger charge is -2.47. The van der Waals surface area contributed by atoms with Gasteiger partial charge < -0.3 is 9.64 Å². The van der Waals surface area contributed by atoms with Gasteiger partial charge in [0.2, 0.25) is 0 Å². The van der Waals surface area contributed by atoms with Crippen molar-refractivity contribution in [2.75, 3.05) is 25.1 Å². The number of rotatable bonds is 2. The third kappa shape index (κ3) is 2.59. The van der Waals surface area contributed by atoms with Crippen LogP contribution in [-0.4, -0.2) is 20.2 Å². The highest BCUT2D eigenvalue weighted by atomic mass is 79.9. The summed E-state index contributed by atoms with van der Waals surface area (Å²) in [6.07, 6.45) is 0. The highest BCUT2D eigenvalue weighted by molar-refractivity contribution is 9.10. The summed E-state index contributed by atoms with van der Waals surface area (Å²) in [5, 5.41) is 0. The summed E-state index contributed by atoms with van der Waals surface area (Å²) in [6.45, 7) is 9.18. The van der Waals surface area contributed by atoms with E-state index in [9.17, 15) is 0 Å². The largest absolute Gasteiger partial charge is 0.495 e. The van der Waals surface area contributed by atoms with Crippen LogP contribution in [0.25, 0.3) is 0 Å². The first-order valence-corrected chi connectivity index (χ1v) is 6.79. The normalized spacial score (nSPS) is 16.9. The van der Waals surface area contributed by atoms with Gasteiger partial charge in [-0.25, -0.2) is 0 Å². The minimum atomic E-state index is 0.399. The van der Waals surface area contributed by atoms with E-state index < -0.39 is 0 Å². The maximum atomic E-state index is 5.42. The zero-order chi connectivity index (χ0) is 12.6. The summed E-state index contributed by atoms with van der Waals surface area (Å²) in [5.74, 6) is 1.73. The van der Waals surface area contributed by atoms with E-state index in [0.717, 1.165) is 29.2 Å². The van der Waals surface area contributed by atoms with Gasteiger partial charge in [-0.2, -0.15) is 0 Å². The van der Waals surface area contributed by atoms with Crippen LogP contribution >= 0.6 is 15.9 Å². The van der Waals surface area contributed by atoms with Crippen molar-refractivity contribution in [2.24, 2.45) is 11.3 Å². The average Bonchev–Trinajstić information content (AvgIpc) is 2.13. The van der Waals surface area contributed by atoms with Crippen molar-refractivity contribution in [3.63, 3.8) is 0 Å². The second-order valence-electron chi connectivity index (χ2n) is 5.78. The number of anilines is 1. The van der Waals surface area contributed by atoms with Crippen LogP contribution in [0.1, 0.15) is 20.8 Å². The number of methoxy groups -OCH3 is 1. The quantitative estimate of drug-likeness (QED) is 0.820. The van der Waals surface area contributed by atoms with Crippen LogP contribution in [0, 0.1) is 11.3 Å². The number of nitrogens with zero attached hydrogens (tertiary/aromatic N) is 1. The molecule has 1 aliphatic heterocycles. The first-order valence-electron chi connectivity index (χ1n) is 6.00. The van der Waals surface area contributed by atoms with Gasteiger partial charge in [-0.05, 0) is 29.5 Å². The smallest absolute Gasteiger partial charge is 0.142 e. The Morgan fingerprint density at radius 1 is 1.29 bits per heavy atom. The average molecular weight is 298 g/mol. The highest BCUT2D eigenvalue weighted by Crippen LogP contribution is 2.40. The Balaban J connectivity index is 2.13. The lowest BCUT2D eigenvalue weighted by Crippen LogP contribution is -2.52. The third-order valence-corrected chi connectivity index (χ3v) is 4.08. The molecule has 0 aromatic heterocycles. The van der Waals surface area contributed by atoms with Crippen LogP contribution in [0.5, 0.6) is 5.75 Å². The number of benzene rings is 1. The first kappa shape index (κ1) is 12.7. The van der Waals surface area contributed by atoms with Crippen molar-refractivity contribution < 1.29 is 4.74 Å². The molecule has 1 heterocycles. The molecular formula is C14H20BrNO. The summed E-state index contributed by atoms with van der Waals surface area (Å²) < 4.78 is 6.52. The molecule has 0 aliphatic carbocycles. The highest BCUT2D eigenvalue weighted by Gasteiger charge is 2.36. The molecule has 1 saturated heterocycles. The van der Waals surface area contributed by atoms with Gasteiger partial charge in [0, 0.05) is 17.6 Å². The molecule has 1 aliphatic rings. The molecule has 0 unspecified atom stereocenters. The van der Waals surface area contributed by atoms with Crippen LogP contribution in [0.4, 0.5) is 5.69 Å². The van der Waals surface area contributed by atoms with Gasteiger partial charge in [-0.15, -0.1) is 0 Å². The van der Waals surface area contributed by atoms with Crippen LogP contribution < -0.4 is 9.64 Å². The molecule has 2 rings (SSSR count). The molecule has 0 N–H and O–H groups in total. The summed E-state index contributed by atoms with van der Waals surface area (Å²) in [5.41, 5.74) is 1.60. The second kappa shape index (κ2) is 4.52. The van der Waals surface area contributed by atoms with Crippen molar-refractivity contribution in [2.45, 2.75) is 20.8 Å². The number of hydrogen-bond donors (Lipinski definition) is 0. The molecule has 94 valence electrons. The number of hydrogen-bond acceptors (Lipinski definition) is 2. The van der Waals surface area contributed by atoms with Crippen LogP contribution in [0.15, 0.2) is 22.7 Å². The molecule has 1 aromatic carbocycles. The summed E-state index contributed by atoms with van der Waals surface area (Å²) in [7, 11) is 1.73. The third-order valence-electron chi connectivity index (χ3n) is 3.59. The van der Waals surface area contributed by atoms with Gasteiger partial charge in [-0.1, -0.05) is 36.7 Å². The Morgan fingerprint density at radius 2 is 1.94 bits per heavy atom. The maximum absolute atomic E-state index is 5.42. The van der Waals surface area contributed by atoms with Crippen molar-refractivity contribution in [1.29, 1.82) is 0 Å². The van der Waals surface area contributed by atoms with E-state index in [1.54, 1.807) is 7.11 Å². The van der Waals surface area contributed by atoms with E-state index in [1.165, 1.54) is 5.69 Å². The number of ether oxygens (including phenoxy) is 1. The Bertz CT molecular complexity index is 405. The Kier molecular flexibility index (Phi) is 3.39. The SMILES string of the molecule is COc1ccc(Br)cc1N1CC(C(C)(C)C)C1. The van der Waals surface area contributed by atoms with E-state index in [1.807, 2.05) is 12.1 Å². The maximum Gasteiger partial charge on any atom is 0.142 e. The molecular weight excluding hydrogens is 278 g/mol. The fraction of sp³-hybridized carbons (Fsp3) is 0.571. The van der Waals surface area contributed by atoms with Gasteiger partial charge in [0.25, 0.3) is 0 Å². The summed E-state index contributed by atoms with van der Waals surface area (Å²) >= 11 is 3.52. The molecule has 3 heteroatoms. The molecule has 0 spiro atoms. The molecule has 0 saturated carbocycles. The standard InChI is InChI=1S/C14H20BrNO/c1-14(2,3)10-8-16(9-10)12-7-11(15)5-6-13(12)17-4/h5-7,10H,8-9H2,1-4H3. The predicted octanol–water partition coefficient (Wildman–Crippen LogP) is 3.94. The zero-order valence-electron chi connectivity index (χ0n) is 11.0.